The summed E-state index contributed by atoms with van der Waals surface area (Å²) >= 11 is 5.86. The Morgan fingerprint density at radius 3 is 3.00 bits per heavy atom. The molecule has 0 aromatic heterocycles. The second-order valence-electron chi connectivity index (χ2n) is 3.65. The smallest absolute Gasteiger partial charge is 0.204 e. The highest BCUT2D eigenvalue weighted by atomic mass is 35.5. The van der Waals surface area contributed by atoms with Gasteiger partial charge in [-0.15, -0.1) is 0 Å². The average Bonchev–Trinajstić information content (AvgIpc) is 2.41. The van der Waals surface area contributed by atoms with Crippen LogP contribution in [0.4, 0.5) is 0 Å². The number of nitriles is 1. The third kappa shape index (κ3) is 6.35. The number of nitrogens with zero attached hydrogens (tertiary/aromatic N) is 2. The van der Waals surface area contributed by atoms with Gasteiger partial charge in [0.25, 0.3) is 0 Å². The first-order valence-electron chi connectivity index (χ1n) is 5.86. The molecule has 0 aliphatic carbocycles. The molecule has 0 saturated carbocycles. The Balaban J connectivity index is 2.27. The van der Waals surface area contributed by atoms with E-state index in [9.17, 15) is 0 Å². The number of halogens is 1. The Morgan fingerprint density at radius 1 is 1.47 bits per heavy atom. The van der Waals surface area contributed by atoms with E-state index >= 15 is 0 Å². The van der Waals surface area contributed by atoms with Crippen molar-refractivity contribution in [2.45, 2.75) is 12.8 Å². The first kappa shape index (κ1) is 14.9. The maximum absolute atomic E-state index is 8.44. The molecule has 1 aromatic carbocycles. The molecular weight excluding hydrogens is 260 g/mol. The molecule has 19 heavy (non-hydrogen) atoms. The number of unbranched alkanes of at least 4 members (excludes halogenated alkanes) is 1. The molecule has 0 saturated heterocycles. The van der Waals surface area contributed by atoms with Gasteiger partial charge >= 0.3 is 0 Å². The molecule has 0 aliphatic rings. The third-order valence-electron chi connectivity index (χ3n) is 2.23. The zero-order valence-corrected chi connectivity index (χ0v) is 11.5. The second-order valence-corrected chi connectivity index (χ2v) is 4.09. The second kappa shape index (κ2) is 8.85. The van der Waals surface area contributed by atoms with Gasteiger partial charge in [-0.1, -0.05) is 29.5 Å². The number of guanidine groups is 1. The van der Waals surface area contributed by atoms with Gasteiger partial charge in [0.1, 0.15) is 0 Å². The van der Waals surface area contributed by atoms with Crippen LogP contribution in [0, 0.1) is 23.3 Å². The molecular formula is C14H15ClN4. The summed E-state index contributed by atoms with van der Waals surface area (Å²) in [6, 6.07) is 7.47. The van der Waals surface area contributed by atoms with E-state index in [1.54, 1.807) is 7.05 Å². The van der Waals surface area contributed by atoms with E-state index in [-0.39, 0.29) is 0 Å². The number of hydrogen-bond donors (Lipinski definition) is 2. The van der Waals surface area contributed by atoms with Crippen LogP contribution in [0.3, 0.4) is 0 Å². The van der Waals surface area contributed by atoms with E-state index in [2.05, 4.69) is 27.5 Å². The molecule has 0 spiro atoms. The largest absolute Gasteiger partial charge is 0.356 e. The van der Waals surface area contributed by atoms with Crippen LogP contribution >= 0.6 is 11.6 Å². The Labute approximate surface area is 118 Å². The average molecular weight is 275 g/mol. The first-order chi connectivity index (χ1) is 9.26. The van der Waals surface area contributed by atoms with Crippen LogP contribution in [0.1, 0.15) is 18.4 Å². The molecule has 1 rings (SSSR count). The number of nitrogens with one attached hydrogen (secondary N) is 2. The molecule has 5 heteroatoms. The number of hydrogen-bond acceptors (Lipinski definition) is 2. The summed E-state index contributed by atoms with van der Waals surface area (Å²) in [5.41, 5.74) is 0.919. The SMILES string of the molecule is CN=C(NC#N)NCCCC#Cc1cccc(Cl)c1. The van der Waals surface area contributed by atoms with E-state index in [0.717, 1.165) is 18.4 Å². The minimum atomic E-state index is 0.477. The molecule has 1 aromatic rings. The van der Waals surface area contributed by atoms with Crippen LogP contribution in [0.5, 0.6) is 0 Å². The van der Waals surface area contributed by atoms with Crippen molar-refractivity contribution in [1.29, 1.82) is 5.26 Å². The predicted octanol–water partition coefficient (Wildman–Crippen LogP) is 2.12. The number of aliphatic imine (C=N–C) groups is 1. The molecule has 0 radical (unpaired) electrons. The quantitative estimate of drug-likeness (QED) is 0.222. The van der Waals surface area contributed by atoms with Crippen molar-refractivity contribution in [2.24, 2.45) is 4.99 Å². The fourth-order valence-electron chi connectivity index (χ4n) is 1.35. The lowest BCUT2D eigenvalue weighted by atomic mass is 10.2. The van der Waals surface area contributed by atoms with Gasteiger partial charge < -0.3 is 5.32 Å². The first-order valence-corrected chi connectivity index (χ1v) is 6.24. The molecule has 0 atom stereocenters. The lowest BCUT2D eigenvalue weighted by Crippen LogP contribution is -2.34. The summed E-state index contributed by atoms with van der Waals surface area (Å²) in [6.45, 7) is 0.714. The molecule has 2 N–H and O–H groups in total. The van der Waals surface area contributed by atoms with Crippen LogP contribution in [0.15, 0.2) is 29.3 Å². The van der Waals surface area contributed by atoms with Crippen LogP contribution < -0.4 is 10.6 Å². The topological polar surface area (TPSA) is 60.2 Å². The maximum atomic E-state index is 8.44. The summed E-state index contributed by atoms with van der Waals surface area (Å²) in [5.74, 6) is 6.61. The fraction of sp³-hybridized carbons (Fsp3) is 0.286. The van der Waals surface area contributed by atoms with Gasteiger partial charge in [-0.05, 0) is 24.6 Å². The molecule has 0 bridgehead atoms. The van der Waals surface area contributed by atoms with E-state index < -0.39 is 0 Å². The zero-order chi connectivity index (χ0) is 13.9. The normalized spacial score (nSPS) is 10.1. The lowest BCUT2D eigenvalue weighted by Gasteiger charge is -2.04. The number of benzene rings is 1. The molecule has 0 amide bonds. The van der Waals surface area contributed by atoms with Crippen LogP contribution in [-0.4, -0.2) is 19.6 Å². The van der Waals surface area contributed by atoms with E-state index in [0.29, 0.717) is 17.5 Å². The van der Waals surface area contributed by atoms with E-state index in [1.807, 2.05) is 30.5 Å². The van der Waals surface area contributed by atoms with E-state index in [1.165, 1.54) is 0 Å². The Morgan fingerprint density at radius 2 is 2.32 bits per heavy atom. The molecule has 0 fully saturated rings. The monoisotopic (exact) mass is 274 g/mol. The van der Waals surface area contributed by atoms with Crippen molar-refractivity contribution in [2.75, 3.05) is 13.6 Å². The Hall–Kier alpha value is -2.17. The minimum absolute atomic E-state index is 0.477. The number of rotatable bonds is 3. The highest BCUT2D eigenvalue weighted by Crippen LogP contribution is 2.09. The Kier molecular flexibility index (Phi) is 6.94. The molecule has 0 aliphatic heterocycles. The van der Waals surface area contributed by atoms with Gasteiger partial charge in [-0.25, -0.2) is 0 Å². The summed E-state index contributed by atoms with van der Waals surface area (Å²) in [6.07, 6.45) is 3.46. The van der Waals surface area contributed by atoms with Gasteiger partial charge in [0.15, 0.2) is 6.19 Å². The summed E-state index contributed by atoms with van der Waals surface area (Å²) in [7, 11) is 1.62. The van der Waals surface area contributed by atoms with Crippen molar-refractivity contribution in [3.8, 4) is 18.0 Å². The maximum Gasteiger partial charge on any atom is 0.204 e. The zero-order valence-electron chi connectivity index (χ0n) is 10.7. The Bertz CT molecular complexity index is 534. The van der Waals surface area contributed by atoms with Crippen molar-refractivity contribution in [3.63, 3.8) is 0 Å². The third-order valence-corrected chi connectivity index (χ3v) is 2.46. The van der Waals surface area contributed by atoms with Gasteiger partial charge in [0.05, 0.1) is 0 Å². The van der Waals surface area contributed by atoms with E-state index in [4.69, 9.17) is 16.9 Å². The summed E-state index contributed by atoms with van der Waals surface area (Å²) in [4.78, 5) is 3.87. The van der Waals surface area contributed by atoms with Crippen LogP contribution in [0.2, 0.25) is 5.02 Å². The van der Waals surface area contributed by atoms with Crippen molar-refractivity contribution < 1.29 is 0 Å². The molecule has 98 valence electrons. The standard InChI is InChI=1S/C14H15ClN4/c1-17-14(19-11-16)18-9-4-2-3-6-12-7-5-8-13(15)10-12/h5,7-8,10H,2,4,9H2,1H3,(H2,17,18,19). The molecule has 0 unspecified atom stereocenters. The highest BCUT2D eigenvalue weighted by molar-refractivity contribution is 6.30. The lowest BCUT2D eigenvalue weighted by molar-refractivity contribution is 0.784. The van der Waals surface area contributed by atoms with Gasteiger partial charge in [-0.2, -0.15) is 5.26 Å². The fourth-order valence-corrected chi connectivity index (χ4v) is 1.54. The van der Waals surface area contributed by atoms with Gasteiger partial charge in [-0.3, -0.25) is 10.3 Å². The summed E-state index contributed by atoms with van der Waals surface area (Å²) < 4.78 is 0. The molecule has 0 heterocycles. The molecule has 4 nitrogen and oxygen atoms in total. The summed E-state index contributed by atoms with van der Waals surface area (Å²) in [5, 5.41) is 14.6. The van der Waals surface area contributed by atoms with Gasteiger partial charge in [0.2, 0.25) is 5.96 Å². The highest BCUT2D eigenvalue weighted by Gasteiger charge is 1.93. The van der Waals surface area contributed by atoms with Crippen LogP contribution in [0.25, 0.3) is 0 Å². The van der Waals surface area contributed by atoms with Crippen molar-refractivity contribution in [3.05, 3.63) is 34.9 Å². The predicted molar refractivity (Wildman–Crippen MR) is 77.7 cm³/mol. The van der Waals surface area contributed by atoms with Gasteiger partial charge in [0, 0.05) is 30.6 Å². The van der Waals surface area contributed by atoms with Crippen LogP contribution in [-0.2, 0) is 0 Å². The van der Waals surface area contributed by atoms with Crippen molar-refractivity contribution >= 4 is 17.6 Å². The van der Waals surface area contributed by atoms with Crippen molar-refractivity contribution in [1.82, 2.24) is 10.6 Å². The minimum Gasteiger partial charge on any atom is -0.356 e.